The van der Waals surface area contributed by atoms with Gasteiger partial charge in [-0.25, -0.2) is 4.98 Å². The van der Waals surface area contributed by atoms with Crippen LogP contribution in [0.25, 0.3) is 28.5 Å². The summed E-state index contributed by atoms with van der Waals surface area (Å²) >= 11 is 0. The third kappa shape index (κ3) is 4.80. The van der Waals surface area contributed by atoms with Gasteiger partial charge in [0.15, 0.2) is 0 Å². The Morgan fingerprint density at radius 3 is 2.56 bits per heavy atom. The molecule has 5 rings (SSSR count). The average Bonchev–Trinajstić information content (AvgIpc) is 2.91. The number of aldehydes is 1. The molecule has 168 valence electrons. The van der Waals surface area contributed by atoms with Crippen LogP contribution in [0.4, 0.5) is 0 Å². The number of nitrogens with zero attached hydrogens (tertiary/aromatic N) is 2. The maximum atomic E-state index is 11.6. The van der Waals surface area contributed by atoms with Crippen LogP contribution in [0.1, 0.15) is 28.4 Å². The van der Waals surface area contributed by atoms with Crippen LogP contribution >= 0.6 is 0 Å². The SMILES string of the molecule is O=CC1NC=Cc2nc(-c3ccc(CNCCc4cccnc4)cc3)c(-c3ccccc3)cc21. The van der Waals surface area contributed by atoms with Crippen LogP contribution in [-0.2, 0) is 17.8 Å². The van der Waals surface area contributed by atoms with E-state index in [2.05, 4.69) is 64.1 Å². The zero-order chi connectivity index (χ0) is 23.2. The molecule has 5 nitrogen and oxygen atoms in total. The molecule has 5 heteroatoms. The van der Waals surface area contributed by atoms with Gasteiger partial charge in [-0.15, -0.1) is 0 Å². The van der Waals surface area contributed by atoms with Gasteiger partial charge in [0.2, 0.25) is 0 Å². The quantitative estimate of drug-likeness (QED) is 0.296. The van der Waals surface area contributed by atoms with Gasteiger partial charge in [0.05, 0.1) is 11.4 Å². The van der Waals surface area contributed by atoms with Crippen LogP contribution in [0.3, 0.4) is 0 Å². The van der Waals surface area contributed by atoms with Gasteiger partial charge in [0.25, 0.3) is 0 Å². The Hall–Kier alpha value is -4.09. The molecule has 2 aromatic heterocycles. The minimum absolute atomic E-state index is 0.385. The summed E-state index contributed by atoms with van der Waals surface area (Å²) in [4.78, 5) is 20.8. The van der Waals surface area contributed by atoms with Gasteiger partial charge in [0.1, 0.15) is 12.3 Å². The lowest BCUT2D eigenvalue weighted by molar-refractivity contribution is -0.109. The van der Waals surface area contributed by atoms with Crippen molar-refractivity contribution < 1.29 is 4.79 Å². The van der Waals surface area contributed by atoms with E-state index in [0.717, 1.165) is 59.4 Å². The Bertz CT molecular complexity index is 1290. The van der Waals surface area contributed by atoms with E-state index >= 15 is 0 Å². The van der Waals surface area contributed by atoms with Crippen LogP contribution in [0.15, 0.2) is 91.4 Å². The zero-order valence-corrected chi connectivity index (χ0v) is 18.8. The molecule has 1 atom stereocenters. The van der Waals surface area contributed by atoms with Crippen molar-refractivity contribution in [2.75, 3.05) is 6.54 Å². The van der Waals surface area contributed by atoms with Crippen molar-refractivity contribution in [2.45, 2.75) is 19.0 Å². The van der Waals surface area contributed by atoms with E-state index in [1.165, 1.54) is 11.1 Å². The first-order valence-corrected chi connectivity index (χ1v) is 11.5. The molecule has 3 heterocycles. The molecule has 0 bridgehead atoms. The van der Waals surface area contributed by atoms with Gasteiger partial charge >= 0.3 is 0 Å². The van der Waals surface area contributed by atoms with E-state index in [-0.39, 0.29) is 6.04 Å². The Kier molecular flexibility index (Phi) is 6.54. The van der Waals surface area contributed by atoms with E-state index < -0.39 is 0 Å². The minimum atomic E-state index is -0.385. The molecular formula is C29H26N4O. The third-order valence-corrected chi connectivity index (χ3v) is 6.03. The molecule has 0 saturated heterocycles. The number of benzene rings is 2. The second-order valence-corrected chi connectivity index (χ2v) is 8.32. The highest BCUT2D eigenvalue weighted by molar-refractivity contribution is 5.84. The molecule has 1 aliphatic heterocycles. The predicted octanol–water partition coefficient (Wildman–Crippen LogP) is 4.96. The molecule has 2 aromatic carbocycles. The highest BCUT2D eigenvalue weighted by Gasteiger charge is 2.21. The van der Waals surface area contributed by atoms with Crippen molar-refractivity contribution >= 4 is 12.4 Å². The van der Waals surface area contributed by atoms with Crippen molar-refractivity contribution in [3.63, 3.8) is 0 Å². The lowest BCUT2D eigenvalue weighted by Gasteiger charge is -2.21. The summed E-state index contributed by atoms with van der Waals surface area (Å²) in [5, 5.41) is 6.61. The maximum absolute atomic E-state index is 11.6. The van der Waals surface area contributed by atoms with E-state index in [1.807, 2.05) is 36.5 Å². The summed E-state index contributed by atoms with van der Waals surface area (Å²) in [5.41, 5.74) is 8.24. The lowest BCUT2D eigenvalue weighted by Crippen LogP contribution is -2.21. The summed E-state index contributed by atoms with van der Waals surface area (Å²) < 4.78 is 0. The third-order valence-electron chi connectivity index (χ3n) is 6.03. The highest BCUT2D eigenvalue weighted by Crippen LogP contribution is 2.35. The van der Waals surface area contributed by atoms with Crippen LogP contribution < -0.4 is 10.6 Å². The number of carbonyl (C=O) groups is 1. The molecule has 34 heavy (non-hydrogen) atoms. The Balaban J connectivity index is 1.38. The molecule has 0 saturated carbocycles. The number of hydrogen-bond donors (Lipinski definition) is 2. The summed E-state index contributed by atoms with van der Waals surface area (Å²) in [6.45, 7) is 1.70. The van der Waals surface area contributed by atoms with Gasteiger partial charge in [-0.1, -0.05) is 60.7 Å². The fourth-order valence-electron chi connectivity index (χ4n) is 4.21. The number of nitrogens with one attached hydrogen (secondary N) is 2. The van der Waals surface area contributed by atoms with E-state index in [4.69, 9.17) is 4.98 Å². The Labute approximate surface area is 199 Å². The topological polar surface area (TPSA) is 66.9 Å². The molecule has 4 aromatic rings. The average molecular weight is 447 g/mol. The van der Waals surface area contributed by atoms with E-state index in [1.54, 1.807) is 12.4 Å². The number of aromatic nitrogens is 2. The maximum Gasteiger partial charge on any atom is 0.146 e. The normalized spacial score (nSPS) is 14.3. The Morgan fingerprint density at radius 1 is 0.941 bits per heavy atom. The molecule has 0 amide bonds. The van der Waals surface area contributed by atoms with E-state index in [0.29, 0.717) is 0 Å². The fraction of sp³-hybridized carbons (Fsp3) is 0.138. The standard InChI is InChI=1S/C29H26N4O/c34-20-28-26-17-25(23-6-2-1-3-7-23)29(33-27(26)13-16-32-28)24-10-8-22(9-11-24)19-31-15-12-21-5-4-14-30-18-21/h1-11,13-14,16-18,20,28,31-32H,12,15,19H2. The Morgan fingerprint density at radius 2 is 1.79 bits per heavy atom. The number of carbonyl (C=O) groups excluding carboxylic acids is 1. The first-order chi connectivity index (χ1) is 16.8. The monoisotopic (exact) mass is 446 g/mol. The second-order valence-electron chi connectivity index (χ2n) is 8.32. The zero-order valence-electron chi connectivity index (χ0n) is 18.8. The van der Waals surface area contributed by atoms with E-state index in [9.17, 15) is 4.79 Å². The van der Waals surface area contributed by atoms with Crippen LogP contribution in [0.5, 0.6) is 0 Å². The van der Waals surface area contributed by atoms with Gasteiger partial charge in [-0.05, 0) is 54.1 Å². The van der Waals surface area contributed by atoms with Crippen molar-refractivity contribution in [1.82, 2.24) is 20.6 Å². The predicted molar refractivity (Wildman–Crippen MR) is 136 cm³/mol. The van der Waals surface area contributed by atoms with Gasteiger partial charge in [-0.2, -0.15) is 0 Å². The summed E-state index contributed by atoms with van der Waals surface area (Å²) in [7, 11) is 0. The van der Waals surface area contributed by atoms with Crippen LogP contribution in [0, 0.1) is 0 Å². The molecule has 0 spiro atoms. The van der Waals surface area contributed by atoms with Crippen LogP contribution in [-0.4, -0.2) is 22.8 Å². The largest absolute Gasteiger partial charge is 0.378 e. The molecule has 2 N–H and O–H groups in total. The summed E-state index contributed by atoms with van der Waals surface area (Å²) in [6, 6.07) is 24.5. The smallest absolute Gasteiger partial charge is 0.146 e. The number of fused-ring (bicyclic) bond motifs is 1. The molecule has 0 fully saturated rings. The molecular weight excluding hydrogens is 420 g/mol. The van der Waals surface area contributed by atoms with Crippen molar-refractivity contribution in [3.8, 4) is 22.4 Å². The second kappa shape index (κ2) is 10.2. The molecule has 0 radical (unpaired) electrons. The molecule has 1 aliphatic rings. The van der Waals surface area contributed by atoms with Gasteiger partial charge in [-0.3, -0.25) is 4.98 Å². The number of rotatable bonds is 8. The fourth-order valence-corrected chi connectivity index (χ4v) is 4.21. The highest BCUT2D eigenvalue weighted by atomic mass is 16.1. The van der Waals surface area contributed by atoms with Gasteiger partial charge < -0.3 is 15.4 Å². The summed E-state index contributed by atoms with van der Waals surface area (Å²) in [6.07, 6.45) is 9.31. The van der Waals surface area contributed by atoms with Crippen molar-refractivity contribution in [3.05, 3.63) is 114 Å². The molecule has 1 unspecified atom stereocenters. The first-order valence-electron chi connectivity index (χ1n) is 11.5. The number of hydrogen-bond acceptors (Lipinski definition) is 5. The van der Waals surface area contributed by atoms with Crippen LogP contribution in [0.2, 0.25) is 0 Å². The summed E-state index contributed by atoms with van der Waals surface area (Å²) in [5.74, 6) is 0. The lowest BCUT2D eigenvalue weighted by atomic mass is 9.93. The number of pyridine rings is 2. The van der Waals surface area contributed by atoms with Crippen molar-refractivity contribution in [1.29, 1.82) is 0 Å². The van der Waals surface area contributed by atoms with Gasteiger partial charge in [0, 0.05) is 35.6 Å². The minimum Gasteiger partial charge on any atom is -0.378 e. The molecule has 0 aliphatic carbocycles. The first kappa shape index (κ1) is 21.7. The van der Waals surface area contributed by atoms with Crippen molar-refractivity contribution in [2.24, 2.45) is 0 Å².